The Kier molecular flexibility index (Phi) is 4.80. The van der Waals surface area contributed by atoms with Crippen LogP contribution in [-0.4, -0.2) is 43.6 Å². The number of carbonyl (C=O) groups is 1. The van der Waals surface area contributed by atoms with Gasteiger partial charge in [0.2, 0.25) is 0 Å². The van der Waals surface area contributed by atoms with Crippen molar-refractivity contribution in [2.75, 3.05) is 37.7 Å². The minimum atomic E-state index is 0.143. The number of amides is 1. The van der Waals surface area contributed by atoms with E-state index in [1.165, 1.54) is 4.70 Å². The Morgan fingerprint density at radius 2 is 1.77 bits per heavy atom. The fourth-order valence-corrected chi connectivity index (χ4v) is 4.42. The Bertz CT molecular complexity index is 880. The topological polar surface area (TPSA) is 32.8 Å². The van der Waals surface area contributed by atoms with Gasteiger partial charge in [0, 0.05) is 30.9 Å². The van der Waals surface area contributed by atoms with E-state index in [9.17, 15) is 4.79 Å². The summed E-state index contributed by atoms with van der Waals surface area (Å²) in [4.78, 5) is 18.0. The standard InChI is InChI=1S/C21H22N2O2S/c1-2-25-18-9-5-4-8-17(18)22-11-13-23(14-12-22)21(24)20-15-16-7-3-6-10-19(16)26-20/h3-10,15H,2,11-14H2,1H3. The van der Waals surface area contributed by atoms with Crippen LogP contribution in [0.1, 0.15) is 16.6 Å². The fraction of sp³-hybridized carbons (Fsp3) is 0.286. The molecule has 1 amide bonds. The zero-order valence-electron chi connectivity index (χ0n) is 14.9. The third-order valence-corrected chi connectivity index (χ3v) is 5.81. The SMILES string of the molecule is CCOc1ccccc1N1CCN(C(=O)c2cc3ccccc3s2)CC1. The first-order chi connectivity index (χ1) is 12.8. The van der Waals surface area contributed by atoms with E-state index in [2.05, 4.69) is 23.1 Å². The number of fused-ring (bicyclic) bond motifs is 1. The number of carbonyl (C=O) groups excluding carboxylic acids is 1. The highest BCUT2D eigenvalue weighted by atomic mass is 32.1. The highest BCUT2D eigenvalue weighted by Gasteiger charge is 2.24. The van der Waals surface area contributed by atoms with Crippen LogP contribution in [0, 0.1) is 0 Å². The third-order valence-electron chi connectivity index (χ3n) is 4.71. The lowest BCUT2D eigenvalue weighted by Gasteiger charge is -2.36. The molecule has 1 aliphatic heterocycles. The van der Waals surface area contributed by atoms with Gasteiger partial charge in [-0.1, -0.05) is 30.3 Å². The van der Waals surface area contributed by atoms with E-state index in [0.717, 1.165) is 47.9 Å². The zero-order chi connectivity index (χ0) is 17.9. The van der Waals surface area contributed by atoms with Crippen LogP contribution in [0.3, 0.4) is 0 Å². The van der Waals surface area contributed by atoms with Crippen molar-refractivity contribution in [1.82, 2.24) is 4.90 Å². The Morgan fingerprint density at radius 1 is 1.04 bits per heavy atom. The Morgan fingerprint density at radius 3 is 2.54 bits per heavy atom. The predicted octanol–water partition coefficient (Wildman–Crippen LogP) is 4.26. The number of benzene rings is 2. The number of para-hydroxylation sites is 2. The van der Waals surface area contributed by atoms with Gasteiger partial charge in [-0.3, -0.25) is 4.79 Å². The highest BCUT2D eigenvalue weighted by Crippen LogP contribution is 2.30. The van der Waals surface area contributed by atoms with Gasteiger partial charge in [-0.2, -0.15) is 0 Å². The largest absolute Gasteiger partial charge is 0.492 e. The zero-order valence-corrected chi connectivity index (χ0v) is 15.7. The smallest absolute Gasteiger partial charge is 0.264 e. The molecule has 1 aromatic heterocycles. The van der Waals surface area contributed by atoms with Crippen molar-refractivity contribution in [2.45, 2.75) is 6.92 Å². The summed E-state index contributed by atoms with van der Waals surface area (Å²) < 4.78 is 6.91. The molecule has 1 fully saturated rings. The number of hydrogen-bond acceptors (Lipinski definition) is 4. The van der Waals surface area contributed by atoms with Crippen molar-refractivity contribution in [3.05, 3.63) is 59.5 Å². The summed E-state index contributed by atoms with van der Waals surface area (Å²) in [5.41, 5.74) is 1.11. The maximum absolute atomic E-state index is 12.9. The van der Waals surface area contributed by atoms with E-state index in [1.54, 1.807) is 11.3 Å². The molecule has 5 heteroatoms. The molecule has 4 nitrogen and oxygen atoms in total. The van der Waals surface area contributed by atoms with Gasteiger partial charge in [0.05, 0.1) is 17.2 Å². The molecular weight excluding hydrogens is 344 g/mol. The molecule has 134 valence electrons. The van der Waals surface area contributed by atoms with Gasteiger partial charge in [0.1, 0.15) is 5.75 Å². The van der Waals surface area contributed by atoms with Gasteiger partial charge in [0.25, 0.3) is 5.91 Å². The second-order valence-corrected chi connectivity index (χ2v) is 7.41. The maximum atomic E-state index is 12.9. The summed E-state index contributed by atoms with van der Waals surface area (Å²) in [7, 11) is 0. The van der Waals surface area contributed by atoms with Gasteiger partial charge >= 0.3 is 0 Å². The van der Waals surface area contributed by atoms with Crippen molar-refractivity contribution >= 4 is 33.0 Å². The molecule has 3 aromatic rings. The molecule has 26 heavy (non-hydrogen) atoms. The molecular formula is C21H22N2O2S. The minimum Gasteiger partial charge on any atom is -0.492 e. The van der Waals surface area contributed by atoms with Crippen LogP contribution < -0.4 is 9.64 Å². The molecule has 2 heterocycles. The number of piperazine rings is 1. The summed E-state index contributed by atoms with van der Waals surface area (Å²) in [5.74, 6) is 1.06. The number of thiophene rings is 1. The number of hydrogen-bond donors (Lipinski definition) is 0. The van der Waals surface area contributed by atoms with Crippen LogP contribution in [0.5, 0.6) is 5.75 Å². The van der Waals surface area contributed by atoms with Crippen LogP contribution in [0.15, 0.2) is 54.6 Å². The fourth-order valence-electron chi connectivity index (χ4n) is 3.39. The van der Waals surface area contributed by atoms with Gasteiger partial charge in [-0.25, -0.2) is 0 Å². The van der Waals surface area contributed by atoms with Crippen molar-refractivity contribution in [3.63, 3.8) is 0 Å². The van der Waals surface area contributed by atoms with Crippen LogP contribution in [-0.2, 0) is 0 Å². The van der Waals surface area contributed by atoms with E-state index in [0.29, 0.717) is 6.61 Å². The summed E-state index contributed by atoms with van der Waals surface area (Å²) in [6, 6.07) is 18.3. The van der Waals surface area contributed by atoms with Crippen LogP contribution >= 0.6 is 11.3 Å². The van der Waals surface area contributed by atoms with Crippen LogP contribution in [0.4, 0.5) is 5.69 Å². The molecule has 0 unspecified atom stereocenters. The molecule has 4 rings (SSSR count). The average molecular weight is 366 g/mol. The predicted molar refractivity (Wildman–Crippen MR) is 108 cm³/mol. The lowest BCUT2D eigenvalue weighted by atomic mass is 10.2. The van der Waals surface area contributed by atoms with Crippen molar-refractivity contribution in [2.24, 2.45) is 0 Å². The summed E-state index contributed by atoms with van der Waals surface area (Å²) in [5, 5.41) is 1.14. The Hall–Kier alpha value is -2.53. The third kappa shape index (κ3) is 3.27. The molecule has 0 spiro atoms. The number of ether oxygens (including phenoxy) is 1. The molecule has 0 bridgehead atoms. The highest BCUT2D eigenvalue weighted by molar-refractivity contribution is 7.20. The van der Waals surface area contributed by atoms with E-state index >= 15 is 0 Å². The van der Waals surface area contributed by atoms with Gasteiger partial charge in [-0.15, -0.1) is 11.3 Å². The summed E-state index contributed by atoms with van der Waals surface area (Å²) in [6.45, 7) is 5.75. The molecule has 0 atom stereocenters. The second kappa shape index (κ2) is 7.38. The Balaban J connectivity index is 1.45. The Labute approximate surface area is 157 Å². The molecule has 1 saturated heterocycles. The summed E-state index contributed by atoms with van der Waals surface area (Å²) >= 11 is 1.58. The maximum Gasteiger partial charge on any atom is 0.264 e. The molecule has 0 N–H and O–H groups in total. The number of rotatable bonds is 4. The van der Waals surface area contributed by atoms with E-state index in [4.69, 9.17) is 4.74 Å². The first-order valence-corrected chi connectivity index (χ1v) is 9.82. The lowest BCUT2D eigenvalue weighted by Crippen LogP contribution is -2.48. The minimum absolute atomic E-state index is 0.143. The lowest BCUT2D eigenvalue weighted by molar-refractivity contribution is 0.0751. The molecule has 0 radical (unpaired) electrons. The van der Waals surface area contributed by atoms with E-state index in [-0.39, 0.29) is 5.91 Å². The van der Waals surface area contributed by atoms with Gasteiger partial charge < -0.3 is 14.5 Å². The molecule has 0 aliphatic carbocycles. The normalized spacial score (nSPS) is 14.7. The van der Waals surface area contributed by atoms with Crippen molar-refractivity contribution in [3.8, 4) is 5.75 Å². The number of anilines is 1. The van der Waals surface area contributed by atoms with Crippen LogP contribution in [0.25, 0.3) is 10.1 Å². The number of nitrogens with zero attached hydrogens (tertiary/aromatic N) is 2. The van der Waals surface area contributed by atoms with Crippen LogP contribution in [0.2, 0.25) is 0 Å². The molecule has 2 aromatic carbocycles. The first-order valence-electron chi connectivity index (χ1n) is 9.01. The van der Waals surface area contributed by atoms with E-state index < -0.39 is 0 Å². The van der Waals surface area contributed by atoms with Gasteiger partial charge in [0.15, 0.2) is 0 Å². The molecule has 1 aliphatic rings. The van der Waals surface area contributed by atoms with Crippen molar-refractivity contribution in [1.29, 1.82) is 0 Å². The van der Waals surface area contributed by atoms with Crippen molar-refractivity contribution < 1.29 is 9.53 Å². The molecule has 0 saturated carbocycles. The first kappa shape index (κ1) is 16.9. The van der Waals surface area contributed by atoms with Gasteiger partial charge in [-0.05, 0) is 36.6 Å². The van der Waals surface area contributed by atoms with E-state index in [1.807, 2.05) is 48.2 Å². The quantitative estimate of drug-likeness (QED) is 0.692. The second-order valence-electron chi connectivity index (χ2n) is 6.33. The monoisotopic (exact) mass is 366 g/mol. The average Bonchev–Trinajstić information content (AvgIpc) is 3.12. The summed E-state index contributed by atoms with van der Waals surface area (Å²) in [6.07, 6.45) is 0.